The molecule has 1 aliphatic rings. The van der Waals surface area contributed by atoms with Crippen molar-refractivity contribution in [3.05, 3.63) is 30.1 Å². The van der Waals surface area contributed by atoms with Crippen LogP contribution in [0.2, 0.25) is 0 Å². The van der Waals surface area contributed by atoms with Gasteiger partial charge in [-0.2, -0.15) is 0 Å². The number of halogens is 1. The maximum atomic E-state index is 11.9. The number of rotatable bonds is 4. The number of carbonyl (C=O) groups is 1. The van der Waals surface area contributed by atoms with Gasteiger partial charge in [0, 0.05) is 25.0 Å². The summed E-state index contributed by atoms with van der Waals surface area (Å²) in [5, 5.41) is 0. The predicted molar refractivity (Wildman–Crippen MR) is 68.7 cm³/mol. The zero-order valence-corrected chi connectivity index (χ0v) is 10.7. The molecule has 0 spiro atoms. The van der Waals surface area contributed by atoms with Gasteiger partial charge in [0.2, 0.25) is 5.91 Å². The average molecular weight is 256 g/mol. The molecule has 5 heteroatoms. The van der Waals surface area contributed by atoms with E-state index < -0.39 is 6.04 Å². The fourth-order valence-corrected chi connectivity index (χ4v) is 1.72. The van der Waals surface area contributed by atoms with Gasteiger partial charge in [-0.3, -0.25) is 9.78 Å². The van der Waals surface area contributed by atoms with Crippen LogP contribution in [0, 0.1) is 0 Å². The summed E-state index contributed by atoms with van der Waals surface area (Å²) in [4.78, 5) is 17.8. The number of nitrogens with zero attached hydrogens (tertiary/aromatic N) is 2. The lowest BCUT2D eigenvalue weighted by Crippen LogP contribution is -2.42. The maximum Gasteiger partial charge on any atom is 0.239 e. The minimum atomic E-state index is -0.419. The first-order chi connectivity index (χ1) is 7.68. The number of amides is 1. The molecule has 94 valence electrons. The normalized spacial score (nSPS) is 15.9. The Morgan fingerprint density at radius 2 is 2.35 bits per heavy atom. The Morgan fingerprint density at radius 3 is 2.82 bits per heavy atom. The predicted octanol–water partition coefficient (Wildman–Crippen LogP) is 1.34. The third kappa shape index (κ3) is 3.68. The number of pyridine rings is 1. The van der Waals surface area contributed by atoms with E-state index >= 15 is 0 Å². The maximum absolute atomic E-state index is 11.9. The lowest BCUT2D eigenvalue weighted by molar-refractivity contribution is -0.133. The molecule has 1 unspecified atom stereocenters. The largest absolute Gasteiger partial charge is 0.334 e. The van der Waals surface area contributed by atoms with Crippen molar-refractivity contribution in [2.24, 2.45) is 5.73 Å². The molecule has 0 aromatic carbocycles. The fraction of sp³-hybridized carbons (Fsp3) is 0.500. The molecule has 1 aromatic rings. The smallest absolute Gasteiger partial charge is 0.239 e. The van der Waals surface area contributed by atoms with E-state index in [1.165, 1.54) is 0 Å². The Labute approximate surface area is 108 Å². The number of aromatic nitrogens is 1. The van der Waals surface area contributed by atoms with Crippen LogP contribution in [-0.2, 0) is 11.3 Å². The zero-order chi connectivity index (χ0) is 11.5. The number of hydrogen-bond acceptors (Lipinski definition) is 3. The highest BCUT2D eigenvalue weighted by atomic mass is 35.5. The molecule has 1 aromatic heterocycles. The highest BCUT2D eigenvalue weighted by molar-refractivity contribution is 5.85. The molecular weight excluding hydrogens is 238 g/mol. The average Bonchev–Trinajstić information content (AvgIpc) is 3.10. The quantitative estimate of drug-likeness (QED) is 0.883. The molecule has 1 atom stereocenters. The topological polar surface area (TPSA) is 59.2 Å². The van der Waals surface area contributed by atoms with E-state index in [4.69, 9.17) is 5.73 Å². The van der Waals surface area contributed by atoms with Crippen LogP contribution in [0.3, 0.4) is 0 Å². The van der Waals surface area contributed by atoms with Gasteiger partial charge in [0.05, 0.1) is 6.04 Å². The third-order valence-corrected chi connectivity index (χ3v) is 2.74. The van der Waals surface area contributed by atoms with E-state index in [1.807, 2.05) is 17.0 Å². The van der Waals surface area contributed by atoms with Gasteiger partial charge in [-0.05, 0) is 31.4 Å². The monoisotopic (exact) mass is 255 g/mol. The highest BCUT2D eigenvalue weighted by Gasteiger charge is 2.33. The van der Waals surface area contributed by atoms with Crippen molar-refractivity contribution in [2.75, 3.05) is 0 Å². The van der Waals surface area contributed by atoms with Gasteiger partial charge in [0.25, 0.3) is 0 Å². The summed E-state index contributed by atoms with van der Waals surface area (Å²) >= 11 is 0. The molecule has 0 bridgehead atoms. The van der Waals surface area contributed by atoms with Gasteiger partial charge in [-0.1, -0.05) is 6.07 Å². The van der Waals surface area contributed by atoms with E-state index in [2.05, 4.69) is 4.98 Å². The van der Waals surface area contributed by atoms with Crippen molar-refractivity contribution in [3.8, 4) is 0 Å². The second kappa shape index (κ2) is 5.98. The molecule has 1 heterocycles. The van der Waals surface area contributed by atoms with Crippen LogP contribution in [0.25, 0.3) is 0 Å². The number of hydrogen-bond donors (Lipinski definition) is 1. The third-order valence-electron chi connectivity index (χ3n) is 2.74. The minimum Gasteiger partial charge on any atom is -0.334 e. The number of carbonyl (C=O) groups excluding carboxylic acids is 1. The summed E-state index contributed by atoms with van der Waals surface area (Å²) in [5.41, 5.74) is 6.71. The van der Waals surface area contributed by atoms with Gasteiger partial charge in [0.15, 0.2) is 0 Å². The summed E-state index contributed by atoms with van der Waals surface area (Å²) in [6, 6.07) is 3.84. The lowest BCUT2D eigenvalue weighted by atomic mass is 10.2. The standard InChI is InChI=1S/C12H17N3O.ClH/c1-9(13)12(16)15(11-4-5-11)8-10-3-2-6-14-7-10;/h2-3,6-7,9,11H,4-5,8,13H2,1H3;1H. The highest BCUT2D eigenvalue weighted by Crippen LogP contribution is 2.28. The molecule has 1 fully saturated rings. The van der Waals surface area contributed by atoms with Gasteiger partial charge >= 0.3 is 0 Å². The summed E-state index contributed by atoms with van der Waals surface area (Å²) in [6.07, 6.45) is 5.72. The Kier molecular flexibility index (Phi) is 4.90. The van der Waals surface area contributed by atoms with Crippen LogP contribution in [-0.4, -0.2) is 27.9 Å². The van der Waals surface area contributed by atoms with Gasteiger partial charge in [-0.15, -0.1) is 12.4 Å². The van der Waals surface area contributed by atoms with Crippen molar-refractivity contribution in [1.82, 2.24) is 9.88 Å². The summed E-state index contributed by atoms with van der Waals surface area (Å²) < 4.78 is 0. The Hall–Kier alpha value is -1.13. The molecular formula is C12H18ClN3O. The van der Waals surface area contributed by atoms with E-state index in [9.17, 15) is 4.79 Å². The molecule has 1 amide bonds. The molecule has 1 saturated carbocycles. The van der Waals surface area contributed by atoms with E-state index in [0.717, 1.165) is 18.4 Å². The first-order valence-corrected chi connectivity index (χ1v) is 5.63. The molecule has 4 nitrogen and oxygen atoms in total. The van der Waals surface area contributed by atoms with Crippen LogP contribution in [0.5, 0.6) is 0 Å². The van der Waals surface area contributed by atoms with Crippen LogP contribution in [0.4, 0.5) is 0 Å². The van der Waals surface area contributed by atoms with Gasteiger partial charge in [0.1, 0.15) is 0 Å². The van der Waals surface area contributed by atoms with Crippen LogP contribution < -0.4 is 5.73 Å². The van der Waals surface area contributed by atoms with Gasteiger partial charge < -0.3 is 10.6 Å². The van der Waals surface area contributed by atoms with Crippen molar-refractivity contribution in [3.63, 3.8) is 0 Å². The van der Waals surface area contributed by atoms with Crippen molar-refractivity contribution >= 4 is 18.3 Å². The molecule has 2 rings (SSSR count). The summed E-state index contributed by atoms with van der Waals surface area (Å²) in [7, 11) is 0. The van der Waals surface area contributed by atoms with E-state index in [1.54, 1.807) is 19.3 Å². The molecule has 0 aliphatic heterocycles. The Morgan fingerprint density at radius 1 is 1.65 bits per heavy atom. The van der Waals surface area contributed by atoms with Crippen LogP contribution in [0.15, 0.2) is 24.5 Å². The first kappa shape index (κ1) is 13.9. The second-order valence-corrected chi connectivity index (χ2v) is 4.35. The minimum absolute atomic E-state index is 0. The lowest BCUT2D eigenvalue weighted by Gasteiger charge is -2.24. The first-order valence-electron chi connectivity index (χ1n) is 5.63. The molecule has 0 saturated heterocycles. The SMILES string of the molecule is CC(N)C(=O)N(Cc1cccnc1)C1CC1.Cl. The van der Waals surface area contributed by atoms with Gasteiger partial charge in [-0.25, -0.2) is 0 Å². The molecule has 2 N–H and O–H groups in total. The van der Waals surface area contributed by atoms with Crippen molar-refractivity contribution in [2.45, 2.75) is 38.4 Å². The summed E-state index contributed by atoms with van der Waals surface area (Å²) in [5.74, 6) is 0.0337. The van der Waals surface area contributed by atoms with Crippen molar-refractivity contribution in [1.29, 1.82) is 0 Å². The van der Waals surface area contributed by atoms with E-state index in [0.29, 0.717) is 12.6 Å². The van der Waals surface area contributed by atoms with Crippen LogP contribution >= 0.6 is 12.4 Å². The fourth-order valence-electron chi connectivity index (χ4n) is 1.72. The molecule has 1 aliphatic carbocycles. The second-order valence-electron chi connectivity index (χ2n) is 4.35. The van der Waals surface area contributed by atoms with E-state index in [-0.39, 0.29) is 18.3 Å². The van der Waals surface area contributed by atoms with Crippen molar-refractivity contribution < 1.29 is 4.79 Å². The van der Waals surface area contributed by atoms with Crippen LogP contribution in [0.1, 0.15) is 25.3 Å². The summed E-state index contributed by atoms with van der Waals surface area (Å²) in [6.45, 7) is 2.36. The Balaban J connectivity index is 0.00000144. The zero-order valence-electron chi connectivity index (χ0n) is 9.87. The Bertz CT molecular complexity index is 365. The molecule has 0 radical (unpaired) electrons. The number of nitrogens with two attached hydrogens (primary N) is 1. The molecule has 17 heavy (non-hydrogen) atoms.